The first-order valence-electron chi connectivity index (χ1n) is 6.91. The molecule has 1 unspecified atom stereocenters. The van der Waals surface area contributed by atoms with Crippen LogP contribution in [0.4, 0.5) is 0 Å². The zero-order valence-corrected chi connectivity index (χ0v) is 10.6. The first-order chi connectivity index (χ1) is 8.15. The SMILES string of the molecule is CC(O)(Cc1ccn(C2CCCC2)n1)C1CC1. The van der Waals surface area contributed by atoms with Gasteiger partial charge >= 0.3 is 0 Å². The standard InChI is InChI=1S/C14H22N2O/c1-14(17,11-6-7-11)10-12-8-9-16(15-12)13-4-2-3-5-13/h8-9,11,13,17H,2-7,10H2,1H3. The first-order valence-corrected chi connectivity index (χ1v) is 6.91. The fourth-order valence-corrected chi connectivity index (χ4v) is 3.06. The highest BCUT2D eigenvalue weighted by atomic mass is 16.3. The predicted molar refractivity (Wildman–Crippen MR) is 66.8 cm³/mol. The van der Waals surface area contributed by atoms with Crippen molar-refractivity contribution < 1.29 is 5.11 Å². The summed E-state index contributed by atoms with van der Waals surface area (Å²) in [7, 11) is 0. The molecule has 1 atom stereocenters. The summed E-state index contributed by atoms with van der Waals surface area (Å²) in [6, 6.07) is 2.68. The fourth-order valence-electron chi connectivity index (χ4n) is 3.06. The van der Waals surface area contributed by atoms with Crippen LogP contribution in [0.3, 0.4) is 0 Å². The number of aromatic nitrogens is 2. The Balaban J connectivity index is 1.67. The smallest absolute Gasteiger partial charge is 0.0703 e. The highest BCUT2D eigenvalue weighted by Gasteiger charge is 2.40. The number of aliphatic hydroxyl groups is 1. The van der Waals surface area contributed by atoms with E-state index >= 15 is 0 Å². The Labute approximate surface area is 103 Å². The van der Waals surface area contributed by atoms with Gasteiger partial charge in [-0.15, -0.1) is 0 Å². The maximum absolute atomic E-state index is 10.3. The van der Waals surface area contributed by atoms with Gasteiger partial charge in [-0.3, -0.25) is 4.68 Å². The Kier molecular flexibility index (Phi) is 2.74. The summed E-state index contributed by atoms with van der Waals surface area (Å²) in [6.45, 7) is 1.96. The molecule has 94 valence electrons. The van der Waals surface area contributed by atoms with E-state index in [9.17, 15) is 5.11 Å². The Bertz CT molecular complexity index is 387. The van der Waals surface area contributed by atoms with E-state index in [2.05, 4.69) is 22.0 Å². The van der Waals surface area contributed by atoms with E-state index in [-0.39, 0.29) is 0 Å². The molecule has 1 aromatic rings. The third-order valence-electron chi connectivity index (χ3n) is 4.36. The van der Waals surface area contributed by atoms with Gasteiger partial charge in [0, 0.05) is 12.6 Å². The minimum Gasteiger partial charge on any atom is -0.389 e. The van der Waals surface area contributed by atoms with Crippen LogP contribution in [0.2, 0.25) is 0 Å². The zero-order chi connectivity index (χ0) is 11.9. The molecule has 1 heterocycles. The van der Waals surface area contributed by atoms with Crippen molar-refractivity contribution in [1.29, 1.82) is 0 Å². The van der Waals surface area contributed by atoms with Crippen LogP contribution < -0.4 is 0 Å². The molecule has 3 nitrogen and oxygen atoms in total. The average molecular weight is 234 g/mol. The van der Waals surface area contributed by atoms with E-state index in [0.29, 0.717) is 18.4 Å². The van der Waals surface area contributed by atoms with Crippen LogP contribution in [0.25, 0.3) is 0 Å². The summed E-state index contributed by atoms with van der Waals surface area (Å²) in [5.74, 6) is 0.499. The summed E-state index contributed by atoms with van der Waals surface area (Å²) in [4.78, 5) is 0. The van der Waals surface area contributed by atoms with E-state index in [0.717, 1.165) is 5.69 Å². The fraction of sp³-hybridized carbons (Fsp3) is 0.786. The summed E-state index contributed by atoms with van der Waals surface area (Å²) in [6.07, 6.45) is 10.3. The van der Waals surface area contributed by atoms with Gasteiger partial charge in [0.25, 0.3) is 0 Å². The second-order valence-corrected chi connectivity index (χ2v) is 6.03. The molecule has 17 heavy (non-hydrogen) atoms. The molecule has 0 spiro atoms. The van der Waals surface area contributed by atoms with Crippen molar-refractivity contribution in [2.24, 2.45) is 5.92 Å². The van der Waals surface area contributed by atoms with Crippen LogP contribution in [0.1, 0.15) is 57.2 Å². The topological polar surface area (TPSA) is 38.0 Å². The van der Waals surface area contributed by atoms with Gasteiger partial charge in [-0.05, 0) is 44.6 Å². The third-order valence-corrected chi connectivity index (χ3v) is 4.36. The molecule has 0 aromatic carbocycles. The lowest BCUT2D eigenvalue weighted by Gasteiger charge is -2.21. The maximum atomic E-state index is 10.3. The van der Waals surface area contributed by atoms with Crippen molar-refractivity contribution in [3.63, 3.8) is 0 Å². The van der Waals surface area contributed by atoms with E-state index in [1.54, 1.807) is 0 Å². The van der Waals surface area contributed by atoms with Crippen molar-refractivity contribution in [3.8, 4) is 0 Å². The summed E-state index contributed by atoms with van der Waals surface area (Å²) >= 11 is 0. The Morgan fingerprint density at radius 2 is 2.06 bits per heavy atom. The van der Waals surface area contributed by atoms with Crippen LogP contribution in [0.15, 0.2) is 12.3 Å². The number of hydrogen-bond donors (Lipinski definition) is 1. The molecule has 2 saturated carbocycles. The number of hydrogen-bond acceptors (Lipinski definition) is 2. The Hall–Kier alpha value is -0.830. The van der Waals surface area contributed by atoms with Gasteiger partial charge in [0.15, 0.2) is 0 Å². The van der Waals surface area contributed by atoms with Crippen LogP contribution in [0, 0.1) is 5.92 Å². The van der Waals surface area contributed by atoms with Crippen LogP contribution in [-0.2, 0) is 6.42 Å². The van der Waals surface area contributed by atoms with Crippen molar-refractivity contribution in [1.82, 2.24) is 9.78 Å². The van der Waals surface area contributed by atoms with E-state index < -0.39 is 5.60 Å². The van der Waals surface area contributed by atoms with Gasteiger partial charge in [0.05, 0.1) is 17.3 Å². The summed E-state index contributed by atoms with van der Waals surface area (Å²) in [5, 5.41) is 15.0. The van der Waals surface area contributed by atoms with Crippen molar-refractivity contribution >= 4 is 0 Å². The lowest BCUT2D eigenvalue weighted by atomic mass is 9.95. The second-order valence-electron chi connectivity index (χ2n) is 6.03. The third kappa shape index (κ3) is 2.39. The monoisotopic (exact) mass is 234 g/mol. The molecule has 0 saturated heterocycles. The van der Waals surface area contributed by atoms with Gasteiger partial charge in [0.1, 0.15) is 0 Å². The lowest BCUT2D eigenvalue weighted by molar-refractivity contribution is 0.0361. The quantitative estimate of drug-likeness (QED) is 0.869. The van der Waals surface area contributed by atoms with Crippen LogP contribution in [-0.4, -0.2) is 20.5 Å². The van der Waals surface area contributed by atoms with Gasteiger partial charge < -0.3 is 5.11 Å². The molecule has 2 aliphatic carbocycles. The number of nitrogens with zero attached hydrogens (tertiary/aromatic N) is 2. The van der Waals surface area contributed by atoms with Crippen molar-refractivity contribution in [3.05, 3.63) is 18.0 Å². The maximum Gasteiger partial charge on any atom is 0.0703 e. The molecule has 0 aliphatic heterocycles. The average Bonchev–Trinajstić information content (AvgIpc) is 2.84. The number of rotatable bonds is 4. The van der Waals surface area contributed by atoms with E-state index in [4.69, 9.17) is 0 Å². The van der Waals surface area contributed by atoms with E-state index in [1.165, 1.54) is 38.5 Å². The van der Waals surface area contributed by atoms with Crippen molar-refractivity contribution in [2.45, 2.75) is 63.5 Å². The molecule has 2 fully saturated rings. The van der Waals surface area contributed by atoms with Crippen LogP contribution in [0.5, 0.6) is 0 Å². The Morgan fingerprint density at radius 3 is 2.71 bits per heavy atom. The molecule has 2 aliphatic rings. The molecule has 1 N–H and O–H groups in total. The normalized spacial score (nSPS) is 25.1. The second kappa shape index (κ2) is 4.13. The van der Waals surface area contributed by atoms with Crippen LogP contribution >= 0.6 is 0 Å². The zero-order valence-electron chi connectivity index (χ0n) is 10.6. The van der Waals surface area contributed by atoms with Gasteiger partial charge in [-0.25, -0.2) is 0 Å². The Morgan fingerprint density at radius 1 is 1.35 bits per heavy atom. The lowest BCUT2D eigenvalue weighted by Crippen LogP contribution is -2.30. The van der Waals surface area contributed by atoms with Gasteiger partial charge in [-0.1, -0.05) is 12.8 Å². The van der Waals surface area contributed by atoms with Gasteiger partial charge in [-0.2, -0.15) is 5.10 Å². The summed E-state index contributed by atoms with van der Waals surface area (Å²) < 4.78 is 2.12. The highest BCUT2D eigenvalue weighted by Crippen LogP contribution is 2.41. The molecule has 3 heteroatoms. The molecule has 1 aromatic heterocycles. The minimum atomic E-state index is -0.547. The molecular weight excluding hydrogens is 212 g/mol. The molecule has 0 amide bonds. The largest absolute Gasteiger partial charge is 0.389 e. The first kappa shape index (κ1) is 11.3. The van der Waals surface area contributed by atoms with Gasteiger partial charge in [0.2, 0.25) is 0 Å². The summed E-state index contributed by atoms with van der Waals surface area (Å²) in [5.41, 5.74) is 0.503. The minimum absolute atomic E-state index is 0.499. The molecule has 0 bridgehead atoms. The molecule has 0 radical (unpaired) electrons. The molecule has 3 rings (SSSR count). The predicted octanol–water partition coefficient (Wildman–Crippen LogP) is 2.70. The van der Waals surface area contributed by atoms with E-state index in [1.807, 2.05) is 6.92 Å². The highest BCUT2D eigenvalue weighted by molar-refractivity contribution is 5.07. The van der Waals surface area contributed by atoms with Crippen molar-refractivity contribution in [2.75, 3.05) is 0 Å². The molecular formula is C14H22N2O.